The van der Waals surface area contributed by atoms with Gasteiger partial charge in [0.1, 0.15) is 0 Å². The third-order valence-electron chi connectivity index (χ3n) is 5.68. The molecule has 0 saturated carbocycles. The molecule has 144 valence electrons. The highest BCUT2D eigenvalue weighted by Crippen LogP contribution is 2.41. The van der Waals surface area contributed by atoms with E-state index >= 15 is 0 Å². The van der Waals surface area contributed by atoms with E-state index in [2.05, 4.69) is 83.9 Å². The average molecular weight is 391 g/mol. The van der Waals surface area contributed by atoms with Gasteiger partial charge in [0.15, 0.2) is 5.11 Å². The normalized spacial score (nSPS) is 19.1. The summed E-state index contributed by atoms with van der Waals surface area (Å²) in [6.45, 7) is 9.56. The molecule has 0 aliphatic carbocycles. The summed E-state index contributed by atoms with van der Waals surface area (Å²) in [7, 11) is 0. The lowest BCUT2D eigenvalue weighted by Gasteiger charge is -2.27. The summed E-state index contributed by atoms with van der Waals surface area (Å²) in [5, 5.41) is 4.31. The molecule has 0 amide bonds. The first kappa shape index (κ1) is 18.7. The van der Waals surface area contributed by atoms with Gasteiger partial charge in [-0.3, -0.25) is 4.98 Å². The SMILES string of the molecule is CCN1C(=S)N[C@@H](c2ccccn2)[C@H]1c1cc(C)n(-c2ccccc2C)c1C. The molecule has 5 heteroatoms. The van der Waals surface area contributed by atoms with Crippen molar-refractivity contribution in [2.45, 2.75) is 39.8 Å². The van der Waals surface area contributed by atoms with Gasteiger partial charge in [0, 0.05) is 29.8 Å². The average Bonchev–Trinajstić information content (AvgIpc) is 3.18. The number of nitrogens with one attached hydrogen (secondary N) is 1. The van der Waals surface area contributed by atoms with Crippen molar-refractivity contribution in [1.29, 1.82) is 0 Å². The number of aryl methyl sites for hydroxylation is 2. The Labute approximate surface area is 172 Å². The van der Waals surface area contributed by atoms with Gasteiger partial charge >= 0.3 is 0 Å². The molecule has 0 unspecified atom stereocenters. The lowest BCUT2D eigenvalue weighted by molar-refractivity contribution is 0.329. The fraction of sp³-hybridized carbons (Fsp3) is 0.304. The maximum atomic E-state index is 5.67. The van der Waals surface area contributed by atoms with Crippen molar-refractivity contribution in [1.82, 2.24) is 19.8 Å². The highest BCUT2D eigenvalue weighted by molar-refractivity contribution is 7.80. The van der Waals surface area contributed by atoms with Crippen LogP contribution in [-0.4, -0.2) is 26.1 Å². The van der Waals surface area contributed by atoms with Gasteiger partial charge in [-0.2, -0.15) is 0 Å². The van der Waals surface area contributed by atoms with E-state index in [0.717, 1.165) is 17.4 Å². The van der Waals surface area contributed by atoms with Crippen LogP contribution in [0.4, 0.5) is 0 Å². The second-order valence-corrected chi connectivity index (χ2v) is 7.75. The third kappa shape index (κ3) is 3.00. The monoisotopic (exact) mass is 390 g/mol. The Morgan fingerprint density at radius 2 is 1.82 bits per heavy atom. The molecule has 4 nitrogen and oxygen atoms in total. The summed E-state index contributed by atoms with van der Waals surface area (Å²) in [5.41, 5.74) is 7.30. The van der Waals surface area contributed by atoms with Crippen molar-refractivity contribution >= 4 is 17.3 Å². The topological polar surface area (TPSA) is 33.1 Å². The summed E-state index contributed by atoms with van der Waals surface area (Å²) < 4.78 is 2.36. The highest BCUT2D eigenvalue weighted by Gasteiger charge is 2.40. The van der Waals surface area contributed by atoms with Crippen LogP contribution in [0.5, 0.6) is 0 Å². The van der Waals surface area contributed by atoms with E-state index in [0.29, 0.717) is 0 Å². The van der Waals surface area contributed by atoms with Gasteiger partial charge < -0.3 is 14.8 Å². The van der Waals surface area contributed by atoms with Gasteiger partial charge in [-0.15, -0.1) is 0 Å². The first-order valence-electron chi connectivity index (χ1n) is 9.75. The molecule has 3 aromatic rings. The molecule has 3 heterocycles. The molecule has 0 spiro atoms. The predicted molar refractivity (Wildman–Crippen MR) is 118 cm³/mol. The maximum Gasteiger partial charge on any atom is 0.170 e. The fourth-order valence-electron chi connectivity index (χ4n) is 4.36. The number of thiocarbonyl (C=S) groups is 1. The number of nitrogens with zero attached hydrogens (tertiary/aromatic N) is 3. The molecule has 28 heavy (non-hydrogen) atoms. The second-order valence-electron chi connectivity index (χ2n) is 7.36. The number of benzene rings is 1. The van der Waals surface area contributed by atoms with E-state index in [-0.39, 0.29) is 12.1 Å². The Hall–Kier alpha value is -2.66. The van der Waals surface area contributed by atoms with Crippen LogP contribution in [0.25, 0.3) is 5.69 Å². The summed E-state index contributed by atoms with van der Waals surface area (Å²) in [6, 6.07) is 17.1. The van der Waals surface area contributed by atoms with Crippen LogP contribution in [0.1, 0.15) is 47.2 Å². The molecule has 1 aromatic carbocycles. The van der Waals surface area contributed by atoms with Crippen molar-refractivity contribution in [3.63, 3.8) is 0 Å². The molecule has 1 fully saturated rings. The van der Waals surface area contributed by atoms with Crippen LogP contribution in [0, 0.1) is 20.8 Å². The van der Waals surface area contributed by atoms with Crippen molar-refractivity contribution in [3.8, 4) is 5.69 Å². The van der Waals surface area contributed by atoms with Crippen LogP contribution < -0.4 is 5.32 Å². The standard InChI is InChI=1S/C23H26N4S/c1-5-26-22(21(25-23(26)28)19-11-8-9-13-24-19)18-14-16(3)27(17(18)4)20-12-7-6-10-15(20)2/h6-14,21-22H,5H2,1-4H3,(H,25,28)/t21-,22+/m0/s1. The van der Waals surface area contributed by atoms with Crippen molar-refractivity contribution in [2.24, 2.45) is 0 Å². The molecule has 1 aliphatic heterocycles. The minimum Gasteiger partial charge on any atom is -0.352 e. The van der Waals surface area contributed by atoms with Gasteiger partial charge in [-0.1, -0.05) is 24.3 Å². The zero-order valence-electron chi connectivity index (χ0n) is 16.8. The van der Waals surface area contributed by atoms with E-state index in [9.17, 15) is 0 Å². The van der Waals surface area contributed by atoms with Crippen LogP contribution in [0.3, 0.4) is 0 Å². The second kappa shape index (κ2) is 7.40. The summed E-state index contributed by atoms with van der Waals surface area (Å²) in [4.78, 5) is 6.89. The number of para-hydroxylation sites is 1. The summed E-state index contributed by atoms with van der Waals surface area (Å²) >= 11 is 5.67. The van der Waals surface area contributed by atoms with Crippen molar-refractivity contribution in [2.75, 3.05) is 6.54 Å². The van der Waals surface area contributed by atoms with Gasteiger partial charge in [0.2, 0.25) is 0 Å². The zero-order valence-corrected chi connectivity index (χ0v) is 17.6. The lowest BCUT2D eigenvalue weighted by Crippen LogP contribution is -2.29. The predicted octanol–water partition coefficient (Wildman–Crippen LogP) is 4.79. The summed E-state index contributed by atoms with van der Waals surface area (Å²) in [5.74, 6) is 0. The maximum absolute atomic E-state index is 5.67. The minimum atomic E-state index is 0.0412. The molecule has 1 saturated heterocycles. The highest BCUT2D eigenvalue weighted by atomic mass is 32.1. The van der Waals surface area contributed by atoms with Gasteiger partial charge in [-0.25, -0.2) is 0 Å². The van der Waals surface area contributed by atoms with Gasteiger partial charge in [-0.05, 0) is 75.3 Å². The van der Waals surface area contributed by atoms with E-state index in [1.54, 1.807) is 0 Å². The molecule has 1 N–H and O–H groups in total. The van der Waals surface area contributed by atoms with Crippen molar-refractivity contribution < 1.29 is 0 Å². The smallest absolute Gasteiger partial charge is 0.170 e. The fourth-order valence-corrected chi connectivity index (χ4v) is 4.73. The molecular formula is C23H26N4S. The lowest BCUT2D eigenvalue weighted by atomic mass is 9.97. The molecule has 0 radical (unpaired) electrons. The number of rotatable bonds is 4. The number of likely N-dealkylation sites (N-methyl/N-ethyl adjacent to an activating group) is 1. The molecule has 0 bridgehead atoms. The molecule has 2 aromatic heterocycles. The quantitative estimate of drug-likeness (QED) is 0.650. The van der Waals surface area contributed by atoms with Gasteiger partial charge in [0.25, 0.3) is 0 Å². The first-order valence-corrected chi connectivity index (χ1v) is 10.2. The molecule has 2 atom stereocenters. The van der Waals surface area contributed by atoms with Crippen molar-refractivity contribution in [3.05, 3.63) is 82.9 Å². The minimum absolute atomic E-state index is 0.0412. The zero-order chi connectivity index (χ0) is 19.8. The summed E-state index contributed by atoms with van der Waals surface area (Å²) in [6.07, 6.45) is 1.85. The molecule has 1 aliphatic rings. The van der Waals surface area contributed by atoms with Gasteiger partial charge in [0.05, 0.1) is 17.8 Å². The molecular weight excluding hydrogens is 364 g/mol. The van der Waals surface area contributed by atoms with E-state index in [4.69, 9.17) is 12.2 Å². The Morgan fingerprint density at radius 1 is 1.07 bits per heavy atom. The number of aromatic nitrogens is 2. The number of hydrogen-bond donors (Lipinski definition) is 1. The van der Waals surface area contributed by atoms with Crippen LogP contribution in [0.2, 0.25) is 0 Å². The number of pyridine rings is 1. The largest absolute Gasteiger partial charge is 0.352 e. The van der Waals surface area contributed by atoms with Crippen LogP contribution >= 0.6 is 12.2 Å². The molecule has 4 rings (SSSR count). The Kier molecular flexibility index (Phi) is 4.94. The number of hydrogen-bond acceptors (Lipinski definition) is 2. The third-order valence-corrected chi connectivity index (χ3v) is 6.04. The Balaban J connectivity index is 1.85. The first-order chi connectivity index (χ1) is 13.5. The van der Waals surface area contributed by atoms with E-state index in [1.807, 2.05) is 18.3 Å². The Bertz CT molecular complexity index is 1010. The van der Waals surface area contributed by atoms with Crippen LogP contribution in [-0.2, 0) is 0 Å². The Morgan fingerprint density at radius 3 is 2.50 bits per heavy atom. The van der Waals surface area contributed by atoms with E-state index < -0.39 is 0 Å². The van der Waals surface area contributed by atoms with E-state index in [1.165, 1.54) is 28.2 Å². The van der Waals surface area contributed by atoms with Crippen LogP contribution in [0.15, 0.2) is 54.7 Å².